The Bertz CT molecular complexity index is 331. The summed E-state index contributed by atoms with van der Waals surface area (Å²) < 4.78 is 0. The Hall–Kier alpha value is -0.350. The zero-order valence-electron chi connectivity index (χ0n) is 8.58. The number of nitrogens with one attached hydrogen (secondary N) is 1. The molecule has 1 aromatic rings. The topological polar surface area (TPSA) is 15.3 Å². The molecule has 1 aliphatic heterocycles. The Morgan fingerprint density at radius 3 is 2.80 bits per heavy atom. The predicted molar refractivity (Wildman–Crippen MR) is 66.7 cm³/mol. The molecule has 0 radical (unpaired) electrons. The summed E-state index contributed by atoms with van der Waals surface area (Å²) in [4.78, 5) is 3.63. The van der Waals surface area contributed by atoms with E-state index < -0.39 is 0 Å². The highest BCUT2D eigenvalue weighted by molar-refractivity contribution is 7.10. The number of thiophene rings is 1. The highest BCUT2D eigenvalue weighted by Crippen LogP contribution is 2.33. The number of hydrogen-bond acceptors (Lipinski definition) is 3. The molecule has 4 heteroatoms. The van der Waals surface area contributed by atoms with Crippen LogP contribution in [0.4, 0.5) is 0 Å². The van der Waals surface area contributed by atoms with Crippen molar-refractivity contribution in [2.24, 2.45) is 0 Å². The van der Waals surface area contributed by atoms with E-state index in [1.807, 2.05) is 17.5 Å². The molecule has 0 spiro atoms. The van der Waals surface area contributed by atoms with Crippen LogP contribution in [-0.2, 0) is 0 Å². The summed E-state index contributed by atoms with van der Waals surface area (Å²) >= 11 is 7.86. The van der Waals surface area contributed by atoms with E-state index in [2.05, 4.69) is 16.8 Å². The third kappa shape index (κ3) is 2.42. The fourth-order valence-corrected chi connectivity index (χ4v) is 3.20. The van der Waals surface area contributed by atoms with Gasteiger partial charge in [0.15, 0.2) is 0 Å². The van der Waals surface area contributed by atoms with Gasteiger partial charge in [-0.05, 0) is 11.4 Å². The van der Waals surface area contributed by atoms with Gasteiger partial charge in [-0.25, -0.2) is 0 Å². The maximum absolute atomic E-state index is 6.15. The standard InChI is InChI=1S/C11H15ClN2S/c1-2-10(11-9(12)3-8-15-11)14-6-4-13-5-7-14/h2-3,8,10,13H,1,4-7H2/t10-/m0/s1. The SMILES string of the molecule is C=C[C@@H](c1sccc1Cl)N1CCNCC1. The zero-order valence-corrected chi connectivity index (χ0v) is 10.2. The van der Waals surface area contributed by atoms with Gasteiger partial charge in [-0.1, -0.05) is 17.7 Å². The Balaban J connectivity index is 2.16. The van der Waals surface area contributed by atoms with Crippen LogP contribution in [0.1, 0.15) is 10.9 Å². The minimum atomic E-state index is 0.277. The highest BCUT2D eigenvalue weighted by Gasteiger charge is 2.21. The number of halogens is 1. The van der Waals surface area contributed by atoms with Crippen LogP contribution in [0.5, 0.6) is 0 Å². The second-order valence-corrected chi connectivity index (χ2v) is 4.95. The molecule has 0 saturated carbocycles. The Labute approximate surface area is 99.5 Å². The zero-order chi connectivity index (χ0) is 10.7. The van der Waals surface area contributed by atoms with Crippen LogP contribution >= 0.6 is 22.9 Å². The second-order valence-electron chi connectivity index (χ2n) is 3.60. The van der Waals surface area contributed by atoms with Gasteiger partial charge in [0.1, 0.15) is 0 Å². The van der Waals surface area contributed by atoms with Gasteiger partial charge in [-0.3, -0.25) is 4.90 Å². The smallest absolute Gasteiger partial charge is 0.0639 e. The summed E-state index contributed by atoms with van der Waals surface area (Å²) in [6.45, 7) is 8.14. The second kappa shape index (κ2) is 5.12. The molecule has 1 fully saturated rings. The lowest BCUT2D eigenvalue weighted by molar-refractivity contribution is 0.206. The van der Waals surface area contributed by atoms with Crippen LogP contribution in [0.15, 0.2) is 24.1 Å². The highest BCUT2D eigenvalue weighted by atomic mass is 35.5. The quantitative estimate of drug-likeness (QED) is 0.820. The van der Waals surface area contributed by atoms with Crippen molar-refractivity contribution in [3.63, 3.8) is 0 Å². The molecule has 2 nitrogen and oxygen atoms in total. The molecule has 1 N–H and O–H groups in total. The molecule has 1 aromatic heterocycles. The van der Waals surface area contributed by atoms with Gasteiger partial charge in [0, 0.05) is 31.1 Å². The van der Waals surface area contributed by atoms with E-state index >= 15 is 0 Å². The van der Waals surface area contributed by atoms with Crippen molar-refractivity contribution in [2.75, 3.05) is 26.2 Å². The van der Waals surface area contributed by atoms with Crippen LogP contribution in [0.25, 0.3) is 0 Å². The number of hydrogen-bond donors (Lipinski definition) is 1. The van der Waals surface area contributed by atoms with E-state index in [0.717, 1.165) is 31.2 Å². The number of piperazine rings is 1. The lowest BCUT2D eigenvalue weighted by Gasteiger charge is -2.32. The van der Waals surface area contributed by atoms with Crippen LogP contribution in [-0.4, -0.2) is 31.1 Å². The van der Waals surface area contributed by atoms with Crippen LogP contribution in [0.3, 0.4) is 0 Å². The number of rotatable bonds is 3. The van der Waals surface area contributed by atoms with E-state index in [4.69, 9.17) is 11.6 Å². The monoisotopic (exact) mass is 242 g/mol. The van der Waals surface area contributed by atoms with Crippen LogP contribution in [0, 0.1) is 0 Å². The van der Waals surface area contributed by atoms with E-state index in [1.165, 1.54) is 4.88 Å². The van der Waals surface area contributed by atoms with Crippen molar-refractivity contribution in [3.05, 3.63) is 34.0 Å². The first-order chi connectivity index (χ1) is 7.33. The largest absolute Gasteiger partial charge is 0.314 e. The average Bonchev–Trinajstić information content (AvgIpc) is 2.68. The van der Waals surface area contributed by atoms with Crippen molar-refractivity contribution in [1.82, 2.24) is 10.2 Å². The van der Waals surface area contributed by atoms with Gasteiger partial charge >= 0.3 is 0 Å². The first kappa shape index (κ1) is 11.1. The van der Waals surface area contributed by atoms with E-state index in [9.17, 15) is 0 Å². The Morgan fingerprint density at radius 2 is 2.27 bits per heavy atom. The molecular weight excluding hydrogens is 228 g/mol. The van der Waals surface area contributed by atoms with Crippen molar-refractivity contribution in [1.29, 1.82) is 0 Å². The molecule has 0 aliphatic carbocycles. The maximum Gasteiger partial charge on any atom is 0.0639 e. The molecule has 1 aliphatic rings. The fourth-order valence-electron chi connectivity index (χ4n) is 1.90. The minimum Gasteiger partial charge on any atom is -0.314 e. The van der Waals surface area contributed by atoms with E-state index in [1.54, 1.807) is 11.3 Å². The first-order valence-corrected chi connectivity index (χ1v) is 6.39. The van der Waals surface area contributed by atoms with E-state index in [-0.39, 0.29) is 6.04 Å². The Kier molecular flexibility index (Phi) is 3.81. The van der Waals surface area contributed by atoms with Crippen LogP contribution in [0.2, 0.25) is 5.02 Å². The molecule has 2 rings (SSSR count). The van der Waals surface area contributed by atoms with Gasteiger partial charge in [0.2, 0.25) is 0 Å². The molecule has 0 bridgehead atoms. The summed E-state index contributed by atoms with van der Waals surface area (Å²) in [7, 11) is 0. The van der Waals surface area contributed by atoms with Gasteiger partial charge in [0.25, 0.3) is 0 Å². The average molecular weight is 243 g/mol. The molecule has 1 atom stereocenters. The van der Waals surface area contributed by atoms with Gasteiger partial charge < -0.3 is 5.32 Å². The van der Waals surface area contributed by atoms with Crippen LogP contribution < -0.4 is 5.32 Å². The molecule has 15 heavy (non-hydrogen) atoms. The summed E-state index contributed by atoms with van der Waals surface area (Å²) in [5.74, 6) is 0. The van der Waals surface area contributed by atoms with Crippen molar-refractivity contribution >= 4 is 22.9 Å². The third-order valence-corrected chi connectivity index (χ3v) is 4.11. The van der Waals surface area contributed by atoms with Crippen molar-refractivity contribution in [2.45, 2.75) is 6.04 Å². The van der Waals surface area contributed by atoms with Crippen molar-refractivity contribution in [3.8, 4) is 0 Å². The lowest BCUT2D eigenvalue weighted by atomic mass is 10.2. The summed E-state index contributed by atoms with van der Waals surface area (Å²) in [5, 5.41) is 6.25. The lowest BCUT2D eigenvalue weighted by Crippen LogP contribution is -2.44. The summed E-state index contributed by atoms with van der Waals surface area (Å²) in [6.07, 6.45) is 1.99. The van der Waals surface area contributed by atoms with Gasteiger partial charge in [-0.2, -0.15) is 0 Å². The van der Waals surface area contributed by atoms with Crippen molar-refractivity contribution < 1.29 is 0 Å². The molecule has 1 saturated heterocycles. The molecule has 82 valence electrons. The molecular formula is C11H15ClN2S. The van der Waals surface area contributed by atoms with Gasteiger partial charge in [-0.15, -0.1) is 17.9 Å². The first-order valence-electron chi connectivity index (χ1n) is 5.13. The third-order valence-electron chi connectivity index (χ3n) is 2.68. The fraction of sp³-hybridized carbons (Fsp3) is 0.455. The Morgan fingerprint density at radius 1 is 1.53 bits per heavy atom. The molecule has 0 unspecified atom stereocenters. The predicted octanol–water partition coefficient (Wildman–Crippen LogP) is 2.53. The van der Waals surface area contributed by atoms with Gasteiger partial charge in [0.05, 0.1) is 11.1 Å². The minimum absolute atomic E-state index is 0.277. The number of nitrogens with zero attached hydrogens (tertiary/aromatic N) is 1. The summed E-state index contributed by atoms with van der Waals surface area (Å²) in [6, 6.07) is 2.24. The maximum atomic E-state index is 6.15. The molecule has 0 amide bonds. The normalized spacial score (nSPS) is 20.1. The molecule has 0 aromatic carbocycles. The summed E-state index contributed by atoms with van der Waals surface area (Å²) in [5.41, 5.74) is 0. The van der Waals surface area contributed by atoms with E-state index in [0.29, 0.717) is 0 Å². The molecule has 2 heterocycles.